The van der Waals surface area contributed by atoms with Crippen LogP contribution in [0.25, 0.3) is 0 Å². The van der Waals surface area contributed by atoms with Crippen molar-refractivity contribution in [2.75, 3.05) is 0 Å². The molecular weight excluding hydrogens is 1130 g/mol. The molecule has 10 rings (SSSR count). The molecule has 6 heterocycles. The first-order valence-corrected chi connectivity index (χ1v) is 32.7. The Kier molecular flexibility index (Phi) is 28.6. The molecule has 1 N–H and O–H groups in total. The van der Waals surface area contributed by atoms with E-state index in [1.54, 1.807) is 12.4 Å². The number of alkyl halides is 2. The van der Waals surface area contributed by atoms with Crippen LogP contribution < -0.4 is 5.32 Å². The van der Waals surface area contributed by atoms with Gasteiger partial charge in [0.25, 0.3) is 0 Å². The smallest absolute Gasteiger partial charge is 0.0544 e. The van der Waals surface area contributed by atoms with Crippen molar-refractivity contribution < 1.29 is 0 Å². The molecule has 0 fully saturated rings. The monoisotopic (exact) mass is 1220 g/mol. The van der Waals surface area contributed by atoms with E-state index in [-0.39, 0.29) is 0 Å². The molecule has 0 bridgehead atoms. The van der Waals surface area contributed by atoms with Gasteiger partial charge in [-0.3, -0.25) is 39.7 Å². The first kappa shape index (κ1) is 67.2. The third kappa shape index (κ3) is 24.3. The van der Waals surface area contributed by atoms with Gasteiger partial charge in [0.2, 0.25) is 0 Å². The molecule has 0 radical (unpaired) electrons. The largest absolute Gasteiger partial charge is 0.306 e. The summed E-state index contributed by atoms with van der Waals surface area (Å²) < 4.78 is 0. The number of aromatic nitrogens is 6. The summed E-state index contributed by atoms with van der Waals surface area (Å²) in [6.45, 7) is 15.8. The number of halogens is 2. The first-order chi connectivity index (χ1) is 43.7. The molecule has 9 nitrogen and oxygen atoms in total. The van der Waals surface area contributed by atoms with Gasteiger partial charge in [-0.15, -0.1) is 23.2 Å². The summed E-state index contributed by atoms with van der Waals surface area (Å²) in [4.78, 5) is 31.6. The highest BCUT2D eigenvalue weighted by Crippen LogP contribution is 2.30. The zero-order valence-corrected chi connectivity index (χ0v) is 54.1. The Morgan fingerprint density at radius 3 is 0.753 bits per heavy atom. The van der Waals surface area contributed by atoms with Crippen molar-refractivity contribution in [3.8, 4) is 0 Å². The van der Waals surface area contributed by atoms with Crippen LogP contribution in [0.1, 0.15) is 169 Å². The predicted molar refractivity (Wildman–Crippen MR) is 368 cm³/mol. The minimum atomic E-state index is 0.524. The van der Waals surface area contributed by atoms with Gasteiger partial charge in [-0.1, -0.05) is 174 Å². The van der Waals surface area contributed by atoms with Crippen LogP contribution in [-0.2, 0) is 64.1 Å². The molecule has 0 spiro atoms. The van der Waals surface area contributed by atoms with Crippen molar-refractivity contribution in [1.82, 2.24) is 45.0 Å². The molecule has 6 aromatic heterocycles. The van der Waals surface area contributed by atoms with E-state index in [4.69, 9.17) is 23.2 Å². The summed E-state index contributed by atoms with van der Waals surface area (Å²) >= 11 is 11.7. The maximum absolute atomic E-state index is 5.85. The number of rotatable bonds is 30. The lowest BCUT2D eigenvalue weighted by Gasteiger charge is -2.22. The lowest BCUT2D eigenvalue weighted by atomic mass is 9.90. The van der Waals surface area contributed by atoms with Gasteiger partial charge in [0.15, 0.2) is 0 Å². The van der Waals surface area contributed by atoms with Crippen molar-refractivity contribution in [1.29, 1.82) is 0 Å². The molecular formula is C78H89Cl2N9. The summed E-state index contributed by atoms with van der Waals surface area (Å²) in [5.74, 6) is 3.44. The minimum absolute atomic E-state index is 0.524. The molecule has 0 aliphatic rings. The Morgan fingerprint density at radius 1 is 0.292 bits per heavy atom. The maximum Gasteiger partial charge on any atom is 0.0544 e. The molecule has 0 aliphatic heterocycles. The maximum atomic E-state index is 5.85. The van der Waals surface area contributed by atoms with Crippen LogP contribution >= 0.6 is 23.2 Å². The molecule has 460 valence electrons. The number of nitrogens with one attached hydrogen (secondary N) is 1. The van der Waals surface area contributed by atoms with Crippen LogP contribution in [0, 0.1) is 0 Å². The van der Waals surface area contributed by atoms with E-state index in [1.807, 2.05) is 85.5 Å². The van der Waals surface area contributed by atoms with Gasteiger partial charge in [-0.25, -0.2) is 0 Å². The van der Waals surface area contributed by atoms with Crippen molar-refractivity contribution in [2.24, 2.45) is 0 Å². The number of hydrogen-bond acceptors (Lipinski definition) is 9. The summed E-state index contributed by atoms with van der Waals surface area (Å²) in [6, 6.07) is 72.2. The van der Waals surface area contributed by atoms with E-state index in [0.29, 0.717) is 35.4 Å². The van der Waals surface area contributed by atoms with Gasteiger partial charge in [0.1, 0.15) is 0 Å². The molecule has 0 amide bonds. The average Bonchev–Trinajstić information content (AvgIpc) is 3.60. The zero-order valence-electron chi connectivity index (χ0n) is 52.6. The van der Waals surface area contributed by atoms with Gasteiger partial charge in [-0.05, 0) is 167 Å². The van der Waals surface area contributed by atoms with Crippen molar-refractivity contribution in [3.05, 3.63) is 322 Å². The minimum Gasteiger partial charge on any atom is -0.306 e. The van der Waals surface area contributed by atoms with E-state index in [2.05, 4.69) is 218 Å². The molecule has 89 heavy (non-hydrogen) atoms. The molecule has 0 saturated carbocycles. The fraction of sp³-hybridized carbons (Fsp3) is 0.308. The second-order valence-corrected chi connectivity index (χ2v) is 24.1. The highest BCUT2D eigenvalue weighted by Gasteiger charge is 2.15. The fourth-order valence-corrected chi connectivity index (χ4v) is 11.3. The van der Waals surface area contributed by atoms with Crippen LogP contribution in [0.4, 0.5) is 0 Å². The lowest BCUT2D eigenvalue weighted by molar-refractivity contribution is 0.241. The molecule has 4 unspecified atom stereocenters. The van der Waals surface area contributed by atoms with Crippen molar-refractivity contribution in [3.63, 3.8) is 0 Å². The van der Waals surface area contributed by atoms with Gasteiger partial charge in [0.05, 0.1) is 34.2 Å². The second kappa shape index (κ2) is 37.9. The third-order valence-corrected chi connectivity index (χ3v) is 17.0. The second-order valence-electron chi connectivity index (χ2n) is 23.5. The number of hydrogen-bond donors (Lipinski definition) is 1. The molecule has 11 heteroatoms. The Hall–Kier alpha value is -7.76. The van der Waals surface area contributed by atoms with Crippen molar-refractivity contribution >= 4 is 23.2 Å². The van der Waals surface area contributed by atoms with E-state index in [1.165, 1.54) is 83.0 Å². The summed E-state index contributed by atoms with van der Waals surface area (Å²) in [6.07, 6.45) is 18.4. The lowest BCUT2D eigenvalue weighted by Crippen LogP contribution is -2.23. The number of nitrogens with zero attached hydrogens (tertiary/aromatic N) is 8. The Bertz CT molecular complexity index is 3130. The first-order valence-electron chi connectivity index (χ1n) is 31.7. The van der Waals surface area contributed by atoms with E-state index in [0.717, 1.165) is 86.5 Å². The van der Waals surface area contributed by atoms with Gasteiger partial charge in [-0.2, -0.15) is 0 Å². The average molecular weight is 1220 g/mol. The highest BCUT2D eigenvalue weighted by molar-refractivity contribution is 6.17. The molecule has 0 saturated heterocycles. The molecule has 0 aliphatic carbocycles. The topological polar surface area (TPSA) is 95.9 Å². The summed E-state index contributed by atoms with van der Waals surface area (Å²) in [7, 11) is 0. The normalized spacial score (nSPS) is 12.5. The van der Waals surface area contributed by atoms with Gasteiger partial charge in [0, 0.05) is 101 Å². The fourth-order valence-electron chi connectivity index (χ4n) is 11.0. The highest BCUT2D eigenvalue weighted by atomic mass is 35.5. The van der Waals surface area contributed by atoms with Crippen LogP contribution in [-0.4, -0.2) is 39.7 Å². The summed E-state index contributed by atoms with van der Waals surface area (Å²) in [5.41, 5.74) is 17.1. The zero-order chi connectivity index (χ0) is 62.1. The van der Waals surface area contributed by atoms with E-state index >= 15 is 0 Å². The number of pyridine rings is 6. The van der Waals surface area contributed by atoms with Crippen LogP contribution in [0.3, 0.4) is 0 Å². The Balaban J connectivity index is 0.000000219. The Labute approximate surface area is 541 Å². The van der Waals surface area contributed by atoms with Gasteiger partial charge >= 0.3 is 0 Å². The van der Waals surface area contributed by atoms with Gasteiger partial charge < -0.3 is 5.32 Å². The van der Waals surface area contributed by atoms with Crippen LogP contribution in [0.2, 0.25) is 0 Å². The number of benzene rings is 4. The van der Waals surface area contributed by atoms with Crippen molar-refractivity contribution in [2.45, 2.75) is 154 Å². The summed E-state index contributed by atoms with van der Waals surface area (Å²) in [5, 5.41) is 3.29. The van der Waals surface area contributed by atoms with E-state index < -0.39 is 0 Å². The predicted octanol–water partition coefficient (Wildman–Crippen LogP) is 18.8. The Morgan fingerprint density at radius 2 is 0.528 bits per heavy atom. The van der Waals surface area contributed by atoms with Crippen LogP contribution in [0.15, 0.2) is 243 Å². The molecule has 4 atom stereocenters. The standard InChI is InChI=1S/C45H50N6.C21H26Cl2.C12H13N3/c1-36(40-22-18-38(19-23-40)30-50(32-42-14-3-7-26-46-42)33-43-15-4-8-27-47-43)12-11-13-37(2)41-24-20-39(21-25-41)31-51(34-44-16-5-9-28-48-44)35-45-17-6-10-29-49-45;1-16(20-10-6-18(14-22)7-11-20)4-3-5-17(2)21-12-8-19(15-23)9-13-21;1-3-7-14-11(5-1)9-13-10-12-6-2-4-8-15-12/h3-10,14-29,36-37H,11-13,30-35H2,1-2H3;6-13,16-17H,3-5,14-15H2,1-2H3;1-8,13H,9-10H2. The van der Waals surface area contributed by atoms with Crippen LogP contribution in [0.5, 0.6) is 0 Å². The molecule has 10 aromatic rings. The quantitative estimate of drug-likeness (QED) is 0.0442. The SMILES string of the molecule is CC(CCCC(C)c1ccc(CCl)cc1)c1ccc(CCl)cc1.CC(CCCC(C)c1ccc(CN(Cc2ccccn2)Cc2ccccn2)cc1)c1ccc(CN(Cc2ccccn2)Cc2ccccn2)cc1.c1ccc(CNCc2ccccn2)nc1. The third-order valence-electron chi connectivity index (χ3n) is 16.4. The molecule has 4 aromatic carbocycles. The van der Waals surface area contributed by atoms with E-state index in [9.17, 15) is 0 Å².